The topological polar surface area (TPSA) is 74.8 Å². The van der Waals surface area contributed by atoms with Crippen molar-refractivity contribution in [2.45, 2.75) is 20.8 Å². The van der Waals surface area contributed by atoms with E-state index in [-0.39, 0.29) is 5.91 Å². The monoisotopic (exact) mass is 335 g/mol. The lowest BCUT2D eigenvalue weighted by Crippen LogP contribution is -2.26. The number of aromatic amines is 1. The Morgan fingerprint density at radius 3 is 2.68 bits per heavy atom. The molecule has 0 fully saturated rings. The Bertz CT molecular complexity index is 896. The van der Waals surface area contributed by atoms with Crippen LogP contribution in [0.3, 0.4) is 0 Å². The third-order valence-corrected chi connectivity index (χ3v) is 4.27. The van der Waals surface area contributed by atoms with Gasteiger partial charge in [0.2, 0.25) is 0 Å². The molecule has 0 aliphatic heterocycles. The Kier molecular flexibility index (Phi) is 4.61. The molecule has 0 aliphatic carbocycles. The highest BCUT2D eigenvalue weighted by Gasteiger charge is 2.13. The van der Waals surface area contributed by atoms with Gasteiger partial charge in [0.15, 0.2) is 5.82 Å². The number of hydrogen-bond donors (Lipinski definition) is 1. The maximum Gasteiger partial charge on any atom is 0.255 e. The predicted octanol–water partition coefficient (Wildman–Crippen LogP) is 3.24. The van der Waals surface area contributed by atoms with Crippen molar-refractivity contribution in [2.24, 2.45) is 0 Å². The number of pyridine rings is 2. The molecule has 3 aromatic heterocycles. The van der Waals surface area contributed by atoms with E-state index in [0.717, 1.165) is 34.0 Å². The summed E-state index contributed by atoms with van der Waals surface area (Å²) in [5.74, 6) is 0.700. The summed E-state index contributed by atoms with van der Waals surface area (Å²) in [5.41, 5.74) is 5.14. The Hall–Kier alpha value is -3.02. The van der Waals surface area contributed by atoms with Crippen LogP contribution in [0.25, 0.3) is 22.6 Å². The summed E-state index contributed by atoms with van der Waals surface area (Å²) in [7, 11) is 1.78. The molecule has 0 bridgehead atoms. The molecule has 6 nitrogen and oxygen atoms in total. The van der Waals surface area contributed by atoms with Gasteiger partial charge in [-0.25, -0.2) is 4.98 Å². The fraction of sp³-hybridized carbons (Fsp3) is 0.263. The highest BCUT2D eigenvalue weighted by molar-refractivity contribution is 5.95. The molecule has 1 amide bonds. The average Bonchev–Trinajstić information content (AvgIpc) is 2.99. The second-order valence-electron chi connectivity index (χ2n) is 6.01. The van der Waals surface area contributed by atoms with Gasteiger partial charge in [0, 0.05) is 43.4 Å². The summed E-state index contributed by atoms with van der Waals surface area (Å²) in [4.78, 5) is 30.4. The maximum absolute atomic E-state index is 12.3. The summed E-state index contributed by atoms with van der Waals surface area (Å²) < 4.78 is 0. The standard InChI is InChI=1S/C19H21N5O/c1-5-24(4)19(25)16-8-15(10-20-11-16)14-6-7-21-17(9-14)18-22-12(2)13(3)23-18/h6-11H,5H2,1-4H3,(H,22,23). The zero-order chi connectivity index (χ0) is 18.0. The quantitative estimate of drug-likeness (QED) is 0.794. The van der Waals surface area contributed by atoms with Crippen LogP contribution in [0.1, 0.15) is 28.7 Å². The van der Waals surface area contributed by atoms with Gasteiger partial charge in [0.1, 0.15) is 5.69 Å². The van der Waals surface area contributed by atoms with Gasteiger partial charge >= 0.3 is 0 Å². The summed E-state index contributed by atoms with van der Waals surface area (Å²) >= 11 is 0. The second kappa shape index (κ2) is 6.84. The van der Waals surface area contributed by atoms with Crippen LogP contribution in [0.2, 0.25) is 0 Å². The van der Waals surface area contributed by atoms with Crippen molar-refractivity contribution >= 4 is 5.91 Å². The van der Waals surface area contributed by atoms with E-state index in [4.69, 9.17) is 0 Å². The molecule has 0 radical (unpaired) electrons. The van der Waals surface area contributed by atoms with Crippen LogP contribution in [-0.2, 0) is 0 Å². The van der Waals surface area contributed by atoms with Crippen molar-refractivity contribution in [1.29, 1.82) is 0 Å². The number of carbonyl (C=O) groups is 1. The number of H-pyrrole nitrogens is 1. The van der Waals surface area contributed by atoms with Crippen molar-refractivity contribution in [3.05, 3.63) is 53.7 Å². The minimum Gasteiger partial charge on any atom is -0.342 e. The second-order valence-corrected chi connectivity index (χ2v) is 6.01. The van der Waals surface area contributed by atoms with E-state index in [1.807, 2.05) is 39.0 Å². The average molecular weight is 335 g/mol. The van der Waals surface area contributed by atoms with E-state index in [1.54, 1.807) is 30.5 Å². The van der Waals surface area contributed by atoms with Gasteiger partial charge in [-0.1, -0.05) is 0 Å². The van der Waals surface area contributed by atoms with E-state index in [1.165, 1.54) is 0 Å². The van der Waals surface area contributed by atoms with Crippen molar-refractivity contribution in [2.75, 3.05) is 13.6 Å². The first-order chi connectivity index (χ1) is 12.0. The van der Waals surface area contributed by atoms with Gasteiger partial charge in [-0.3, -0.25) is 14.8 Å². The zero-order valence-electron chi connectivity index (χ0n) is 14.9. The summed E-state index contributed by atoms with van der Waals surface area (Å²) in [6.45, 7) is 6.54. The van der Waals surface area contributed by atoms with Crippen LogP contribution in [0.15, 0.2) is 36.8 Å². The lowest BCUT2D eigenvalue weighted by Gasteiger charge is -2.14. The van der Waals surface area contributed by atoms with Gasteiger partial charge in [-0.15, -0.1) is 0 Å². The number of rotatable bonds is 4. The number of hydrogen-bond acceptors (Lipinski definition) is 4. The lowest BCUT2D eigenvalue weighted by molar-refractivity contribution is 0.0802. The van der Waals surface area contributed by atoms with Gasteiger partial charge in [-0.2, -0.15) is 0 Å². The van der Waals surface area contributed by atoms with Crippen LogP contribution in [0, 0.1) is 13.8 Å². The van der Waals surface area contributed by atoms with E-state index >= 15 is 0 Å². The Morgan fingerprint density at radius 2 is 2.00 bits per heavy atom. The fourth-order valence-corrected chi connectivity index (χ4v) is 2.49. The van der Waals surface area contributed by atoms with Gasteiger partial charge < -0.3 is 9.88 Å². The van der Waals surface area contributed by atoms with E-state index in [2.05, 4.69) is 19.9 Å². The number of aryl methyl sites for hydroxylation is 2. The molecule has 0 spiro atoms. The largest absolute Gasteiger partial charge is 0.342 e. The normalized spacial score (nSPS) is 10.7. The summed E-state index contributed by atoms with van der Waals surface area (Å²) in [5, 5.41) is 0. The van der Waals surface area contributed by atoms with Gasteiger partial charge in [-0.05, 0) is 44.5 Å². The number of nitrogens with one attached hydrogen (secondary N) is 1. The molecule has 0 aromatic carbocycles. The highest BCUT2D eigenvalue weighted by Crippen LogP contribution is 2.24. The molecule has 3 aromatic rings. The number of nitrogens with zero attached hydrogens (tertiary/aromatic N) is 4. The number of carbonyl (C=O) groups excluding carboxylic acids is 1. The Labute approximate surface area is 147 Å². The highest BCUT2D eigenvalue weighted by atomic mass is 16.2. The SMILES string of the molecule is CCN(C)C(=O)c1cncc(-c2ccnc(-c3nc(C)c(C)[nH]3)c2)c1. The number of aromatic nitrogens is 4. The van der Waals surface area contributed by atoms with Gasteiger partial charge in [0.05, 0.1) is 11.3 Å². The Balaban J connectivity index is 1.97. The first kappa shape index (κ1) is 16.8. The summed E-state index contributed by atoms with van der Waals surface area (Å²) in [6, 6.07) is 5.71. The predicted molar refractivity (Wildman–Crippen MR) is 97.2 cm³/mol. The summed E-state index contributed by atoms with van der Waals surface area (Å²) in [6.07, 6.45) is 5.09. The minimum absolute atomic E-state index is 0.0385. The van der Waals surface area contributed by atoms with Crippen molar-refractivity contribution < 1.29 is 4.79 Å². The number of amides is 1. The maximum atomic E-state index is 12.3. The van der Waals surface area contributed by atoms with Crippen molar-refractivity contribution in [3.8, 4) is 22.6 Å². The lowest BCUT2D eigenvalue weighted by atomic mass is 10.1. The molecule has 1 N–H and O–H groups in total. The molecule has 3 heterocycles. The molecule has 128 valence electrons. The van der Waals surface area contributed by atoms with Crippen LogP contribution in [0.5, 0.6) is 0 Å². The molecular formula is C19H21N5O. The van der Waals surface area contributed by atoms with Crippen LogP contribution < -0.4 is 0 Å². The third-order valence-electron chi connectivity index (χ3n) is 4.27. The van der Waals surface area contributed by atoms with Crippen molar-refractivity contribution in [1.82, 2.24) is 24.8 Å². The van der Waals surface area contributed by atoms with Crippen LogP contribution >= 0.6 is 0 Å². The molecule has 6 heteroatoms. The molecule has 0 unspecified atom stereocenters. The van der Waals surface area contributed by atoms with Crippen molar-refractivity contribution in [3.63, 3.8) is 0 Å². The Morgan fingerprint density at radius 1 is 1.20 bits per heavy atom. The first-order valence-corrected chi connectivity index (χ1v) is 8.20. The molecule has 0 aliphatic rings. The molecule has 25 heavy (non-hydrogen) atoms. The fourth-order valence-electron chi connectivity index (χ4n) is 2.49. The molecule has 3 rings (SSSR count). The first-order valence-electron chi connectivity index (χ1n) is 8.20. The van der Waals surface area contributed by atoms with E-state index in [9.17, 15) is 4.79 Å². The molecule has 0 saturated carbocycles. The van der Waals surface area contributed by atoms with Gasteiger partial charge in [0.25, 0.3) is 5.91 Å². The molecule has 0 saturated heterocycles. The number of imidazole rings is 1. The third kappa shape index (κ3) is 3.42. The zero-order valence-corrected chi connectivity index (χ0v) is 14.9. The van der Waals surface area contributed by atoms with E-state index in [0.29, 0.717) is 12.1 Å². The van der Waals surface area contributed by atoms with E-state index < -0.39 is 0 Å². The minimum atomic E-state index is -0.0385. The molecule has 0 atom stereocenters. The van der Waals surface area contributed by atoms with Crippen LogP contribution in [0.4, 0.5) is 0 Å². The molecular weight excluding hydrogens is 314 g/mol. The smallest absolute Gasteiger partial charge is 0.255 e. The van der Waals surface area contributed by atoms with Crippen LogP contribution in [-0.4, -0.2) is 44.3 Å².